The standard InChI is InChI=1S/C21H20N4O2S/c22-14-21(10-4-1-5-11-21)25-18(26)13-28-20-15-7-2-3-8-16(15)23-19(24-20)17-9-6-12-27-17/h2-3,6-9,12H,1,4-5,10-11,13H2,(H,25,26). The zero-order valence-electron chi connectivity index (χ0n) is 15.4. The summed E-state index contributed by atoms with van der Waals surface area (Å²) in [5.74, 6) is 1.13. The molecule has 0 bridgehead atoms. The molecule has 0 unspecified atom stereocenters. The van der Waals surface area contributed by atoms with Gasteiger partial charge in [-0.25, -0.2) is 9.97 Å². The number of carbonyl (C=O) groups is 1. The van der Waals surface area contributed by atoms with Crippen molar-refractivity contribution in [1.29, 1.82) is 5.26 Å². The number of thioether (sulfide) groups is 1. The molecule has 0 radical (unpaired) electrons. The van der Waals surface area contributed by atoms with Gasteiger partial charge in [0.05, 0.1) is 23.6 Å². The molecule has 28 heavy (non-hydrogen) atoms. The normalized spacial score (nSPS) is 15.8. The highest BCUT2D eigenvalue weighted by Gasteiger charge is 2.33. The number of hydrogen-bond acceptors (Lipinski definition) is 6. The fourth-order valence-corrected chi connectivity index (χ4v) is 4.35. The third-order valence-corrected chi connectivity index (χ3v) is 5.94. The van der Waals surface area contributed by atoms with E-state index in [2.05, 4.69) is 21.4 Å². The van der Waals surface area contributed by atoms with E-state index in [0.717, 1.165) is 48.0 Å². The van der Waals surface area contributed by atoms with Crippen LogP contribution in [0.1, 0.15) is 32.1 Å². The lowest BCUT2D eigenvalue weighted by Crippen LogP contribution is -2.49. The molecular formula is C21H20N4O2S. The maximum Gasteiger partial charge on any atom is 0.231 e. The quantitative estimate of drug-likeness (QED) is 0.513. The molecule has 1 aromatic carbocycles. The molecule has 1 amide bonds. The Kier molecular flexibility index (Phi) is 5.31. The minimum atomic E-state index is -0.719. The Bertz CT molecular complexity index is 1020. The van der Waals surface area contributed by atoms with E-state index in [4.69, 9.17) is 4.42 Å². The molecule has 0 aliphatic heterocycles. The minimum absolute atomic E-state index is 0.143. The number of fused-ring (bicyclic) bond motifs is 1. The summed E-state index contributed by atoms with van der Waals surface area (Å²) in [6.45, 7) is 0. The van der Waals surface area contributed by atoms with Gasteiger partial charge in [-0.05, 0) is 31.0 Å². The molecule has 142 valence electrons. The van der Waals surface area contributed by atoms with Gasteiger partial charge in [0.2, 0.25) is 5.91 Å². The van der Waals surface area contributed by atoms with Gasteiger partial charge in [-0.1, -0.05) is 49.2 Å². The molecule has 6 nitrogen and oxygen atoms in total. The molecule has 2 heterocycles. The van der Waals surface area contributed by atoms with E-state index in [0.29, 0.717) is 11.6 Å². The number of nitrogens with zero attached hydrogens (tertiary/aromatic N) is 3. The molecule has 1 aliphatic rings. The van der Waals surface area contributed by atoms with Crippen molar-refractivity contribution in [3.8, 4) is 17.7 Å². The number of rotatable bonds is 5. The fourth-order valence-electron chi connectivity index (χ4n) is 3.53. The molecule has 1 N–H and O–H groups in total. The second-order valence-electron chi connectivity index (χ2n) is 6.94. The van der Waals surface area contributed by atoms with Crippen molar-refractivity contribution < 1.29 is 9.21 Å². The Morgan fingerprint density at radius 1 is 1.18 bits per heavy atom. The summed E-state index contributed by atoms with van der Waals surface area (Å²) < 4.78 is 5.43. The lowest BCUT2D eigenvalue weighted by Gasteiger charge is -2.31. The molecular weight excluding hydrogens is 372 g/mol. The van der Waals surface area contributed by atoms with Crippen LogP contribution < -0.4 is 5.32 Å². The lowest BCUT2D eigenvalue weighted by atomic mass is 9.83. The van der Waals surface area contributed by atoms with Gasteiger partial charge in [-0.2, -0.15) is 5.26 Å². The van der Waals surface area contributed by atoms with E-state index in [9.17, 15) is 10.1 Å². The molecule has 3 aromatic rings. The van der Waals surface area contributed by atoms with Crippen LogP contribution in [0, 0.1) is 11.3 Å². The van der Waals surface area contributed by atoms with Gasteiger partial charge in [0.15, 0.2) is 11.6 Å². The van der Waals surface area contributed by atoms with E-state index in [1.807, 2.05) is 30.3 Å². The van der Waals surface area contributed by atoms with Crippen LogP contribution >= 0.6 is 11.8 Å². The number of nitrogens with one attached hydrogen (secondary N) is 1. The smallest absolute Gasteiger partial charge is 0.231 e. The summed E-state index contributed by atoms with van der Waals surface area (Å²) in [5.41, 5.74) is 0.0794. The second kappa shape index (κ2) is 8.03. The molecule has 0 spiro atoms. The number of para-hydroxylation sites is 1. The Morgan fingerprint density at radius 3 is 2.75 bits per heavy atom. The minimum Gasteiger partial charge on any atom is -0.461 e. The van der Waals surface area contributed by atoms with Gasteiger partial charge < -0.3 is 9.73 Å². The third-order valence-electron chi connectivity index (χ3n) is 4.95. The Morgan fingerprint density at radius 2 is 2.00 bits per heavy atom. The number of hydrogen-bond donors (Lipinski definition) is 1. The van der Waals surface area contributed by atoms with Crippen molar-refractivity contribution in [2.75, 3.05) is 5.75 Å². The van der Waals surface area contributed by atoms with Crippen LogP contribution in [0.4, 0.5) is 0 Å². The van der Waals surface area contributed by atoms with Crippen LogP contribution in [0.5, 0.6) is 0 Å². The van der Waals surface area contributed by atoms with E-state index in [-0.39, 0.29) is 11.7 Å². The van der Waals surface area contributed by atoms with Crippen molar-refractivity contribution >= 4 is 28.6 Å². The number of benzene rings is 1. The van der Waals surface area contributed by atoms with Crippen molar-refractivity contribution in [1.82, 2.24) is 15.3 Å². The molecule has 0 saturated heterocycles. The lowest BCUT2D eigenvalue weighted by molar-refractivity contribution is -0.120. The number of furan rings is 1. The molecule has 1 aliphatic carbocycles. The predicted molar refractivity (Wildman–Crippen MR) is 108 cm³/mol. The van der Waals surface area contributed by atoms with E-state index >= 15 is 0 Å². The third kappa shape index (κ3) is 3.87. The zero-order chi connectivity index (χ0) is 19.4. The van der Waals surface area contributed by atoms with Crippen LogP contribution in [0.15, 0.2) is 52.1 Å². The highest BCUT2D eigenvalue weighted by Crippen LogP contribution is 2.30. The first-order valence-corrected chi connectivity index (χ1v) is 10.3. The molecule has 1 saturated carbocycles. The van der Waals surface area contributed by atoms with Gasteiger partial charge in [0, 0.05) is 5.39 Å². The van der Waals surface area contributed by atoms with Gasteiger partial charge in [0.25, 0.3) is 0 Å². The first-order valence-electron chi connectivity index (χ1n) is 9.35. The van der Waals surface area contributed by atoms with Crippen molar-refractivity contribution in [3.05, 3.63) is 42.7 Å². The van der Waals surface area contributed by atoms with Gasteiger partial charge >= 0.3 is 0 Å². The van der Waals surface area contributed by atoms with Crippen LogP contribution in [-0.4, -0.2) is 27.2 Å². The second-order valence-corrected chi connectivity index (χ2v) is 7.90. The number of aromatic nitrogens is 2. The Hall–Kier alpha value is -2.85. The summed E-state index contributed by atoms with van der Waals surface area (Å²) >= 11 is 1.35. The van der Waals surface area contributed by atoms with E-state index in [1.165, 1.54) is 11.8 Å². The van der Waals surface area contributed by atoms with Crippen LogP contribution in [0.25, 0.3) is 22.5 Å². The molecule has 7 heteroatoms. The van der Waals surface area contributed by atoms with Gasteiger partial charge in [-0.3, -0.25) is 4.79 Å². The first kappa shape index (κ1) is 18.5. The van der Waals surface area contributed by atoms with Crippen molar-refractivity contribution in [2.24, 2.45) is 0 Å². The Labute approximate surface area is 167 Å². The van der Waals surface area contributed by atoms with Crippen molar-refractivity contribution in [2.45, 2.75) is 42.7 Å². The highest BCUT2D eigenvalue weighted by atomic mass is 32.2. The van der Waals surface area contributed by atoms with Gasteiger partial charge in [0.1, 0.15) is 10.6 Å². The number of amides is 1. The monoisotopic (exact) mass is 392 g/mol. The van der Waals surface area contributed by atoms with E-state index < -0.39 is 5.54 Å². The zero-order valence-corrected chi connectivity index (χ0v) is 16.2. The van der Waals surface area contributed by atoms with Crippen LogP contribution in [0.3, 0.4) is 0 Å². The molecule has 4 rings (SSSR count). The van der Waals surface area contributed by atoms with Crippen molar-refractivity contribution in [3.63, 3.8) is 0 Å². The summed E-state index contributed by atoms with van der Waals surface area (Å²) in [5, 5.41) is 14.1. The molecule has 2 aromatic heterocycles. The largest absolute Gasteiger partial charge is 0.461 e. The fraction of sp³-hybridized carbons (Fsp3) is 0.333. The maximum absolute atomic E-state index is 12.6. The SMILES string of the molecule is N#CC1(NC(=O)CSc2nc(-c3ccco3)nc3ccccc23)CCCCC1. The summed E-state index contributed by atoms with van der Waals surface area (Å²) in [6.07, 6.45) is 6.10. The van der Waals surface area contributed by atoms with E-state index in [1.54, 1.807) is 12.3 Å². The van der Waals surface area contributed by atoms with Crippen LogP contribution in [0.2, 0.25) is 0 Å². The van der Waals surface area contributed by atoms with Crippen LogP contribution in [-0.2, 0) is 4.79 Å². The molecule has 0 atom stereocenters. The predicted octanol–water partition coefficient (Wildman–Crippen LogP) is 4.32. The summed E-state index contributed by atoms with van der Waals surface area (Å²) in [4.78, 5) is 21.7. The molecule has 1 fully saturated rings. The number of carbonyl (C=O) groups excluding carboxylic acids is 1. The average Bonchev–Trinajstić information content (AvgIpc) is 3.27. The first-order chi connectivity index (χ1) is 13.7. The highest BCUT2D eigenvalue weighted by molar-refractivity contribution is 8.00. The van der Waals surface area contributed by atoms with Gasteiger partial charge in [-0.15, -0.1) is 0 Å². The average molecular weight is 392 g/mol. The summed E-state index contributed by atoms with van der Waals surface area (Å²) in [7, 11) is 0. The summed E-state index contributed by atoms with van der Waals surface area (Å²) in [6, 6.07) is 13.6. The topological polar surface area (TPSA) is 91.8 Å². The number of nitriles is 1. The maximum atomic E-state index is 12.6. The Balaban J connectivity index is 1.54.